The van der Waals surface area contributed by atoms with E-state index in [2.05, 4.69) is 4.90 Å². The highest BCUT2D eigenvalue weighted by Gasteiger charge is 2.40. The third-order valence-electron chi connectivity index (χ3n) is 5.73. The van der Waals surface area contributed by atoms with Crippen molar-refractivity contribution in [3.8, 4) is 0 Å². The number of rotatable bonds is 6. The Morgan fingerprint density at radius 1 is 1.14 bits per heavy atom. The summed E-state index contributed by atoms with van der Waals surface area (Å²) in [5, 5.41) is 0. The second kappa shape index (κ2) is 9.19. The Morgan fingerprint density at radius 2 is 1.79 bits per heavy atom. The maximum Gasteiger partial charge on any atom is 0.327 e. The number of nitrogens with zero attached hydrogens (tertiary/aromatic N) is 4. The Bertz CT molecular complexity index is 583. The summed E-state index contributed by atoms with van der Waals surface area (Å²) in [4.78, 5) is 44.3. The zero-order valence-corrected chi connectivity index (χ0v) is 17.1. The first kappa shape index (κ1) is 21.0. The van der Waals surface area contributed by atoms with Gasteiger partial charge in [0.25, 0.3) is 0 Å². The van der Waals surface area contributed by atoms with E-state index in [1.807, 2.05) is 18.7 Å². The summed E-state index contributed by atoms with van der Waals surface area (Å²) >= 11 is 0. The SMILES string of the molecule is COCCN1C(=O)CN(C2CCN(CC(=O)N3C[C@H](C)O[C@@H](C)C3)CC2)C1=O. The van der Waals surface area contributed by atoms with Crippen LogP contribution >= 0.6 is 0 Å². The minimum atomic E-state index is -0.215. The highest BCUT2D eigenvalue weighted by Crippen LogP contribution is 2.22. The number of methoxy groups -OCH3 is 1. The van der Waals surface area contributed by atoms with Crippen molar-refractivity contribution >= 4 is 17.8 Å². The molecule has 158 valence electrons. The van der Waals surface area contributed by atoms with E-state index in [0.29, 0.717) is 32.8 Å². The molecular formula is C19H32N4O5. The monoisotopic (exact) mass is 396 g/mol. The molecule has 0 aromatic heterocycles. The number of carbonyl (C=O) groups is 3. The van der Waals surface area contributed by atoms with Gasteiger partial charge in [-0.1, -0.05) is 0 Å². The fourth-order valence-electron chi connectivity index (χ4n) is 4.31. The van der Waals surface area contributed by atoms with E-state index >= 15 is 0 Å². The highest BCUT2D eigenvalue weighted by molar-refractivity contribution is 6.02. The molecule has 0 spiro atoms. The maximum atomic E-state index is 12.6. The number of morpholine rings is 1. The second-order valence-corrected chi connectivity index (χ2v) is 8.01. The van der Waals surface area contributed by atoms with Gasteiger partial charge in [0.15, 0.2) is 0 Å². The number of hydrogen-bond donors (Lipinski definition) is 0. The molecule has 0 bridgehead atoms. The van der Waals surface area contributed by atoms with E-state index in [9.17, 15) is 14.4 Å². The molecule has 0 radical (unpaired) electrons. The summed E-state index contributed by atoms with van der Waals surface area (Å²) in [5.74, 6) is -0.0196. The number of urea groups is 1. The van der Waals surface area contributed by atoms with Gasteiger partial charge in [-0.05, 0) is 26.7 Å². The second-order valence-electron chi connectivity index (χ2n) is 8.01. The lowest BCUT2D eigenvalue weighted by molar-refractivity contribution is -0.144. The van der Waals surface area contributed by atoms with E-state index in [1.165, 1.54) is 4.90 Å². The van der Waals surface area contributed by atoms with E-state index < -0.39 is 0 Å². The van der Waals surface area contributed by atoms with Crippen molar-refractivity contribution in [1.82, 2.24) is 19.6 Å². The first-order valence-electron chi connectivity index (χ1n) is 10.1. The molecule has 3 rings (SSSR count). The molecule has 9 nitrogen and oxygen atoms in total. The summed E-state index contributed by atoms with van der Waals surface area (Å²) in [6, 6.07) is -0.161. The minimum absolute atomic E-state index is 0.0544. The molecule has 28 heavy (non-hydrogen) atoms. The summed E-state index contributed by atoms with van der Waals surface area (Å²) in [5.41, 5.74) is 0. The van der Waals surface area contributed by atoms with Crippen molar-refractivity contribution in [2.24, 2.45) is 0 Å². The lowest BCUT2D eigenvalue weighted by Crippen LogP contribution is -2.53. The van der Waals surface area contributed by atoms with E-state index in [4.69, 9.17) is 9.47 Å². The van der Waals surface area contributed by atoms with Crippen LogP contribution in [0.4, 0.5) is 4.79 Å². The lowest BCUT2D eigenvalue weighted by Gasteiger charge is -2.39. The Kier molecular flexibility index (Phi) is 6.90. The number of imide groups is 1. The zero-order chi connectivity index (χ0) is 20.3. The standard InChI is InChI=1S/C19H32N4O5/c1-14-10-21(11-15(2)28-14)17(24)12-20-6-4-16(5-7-20)23-13-18(25)22(19(23)26)8-9-27-3/h14-16H,4-13H2,1-3H3/t14-,15-/m0/s1. The Hall–Kier alpha value is -1.71. The molecule has 0 aliphatic carbocycles. The molecule has 2 atom stereocenters. The molecule has 3 fully saturated rings. The van der Waals surface area contributed by atoms with Crippen LogP contribution < -0.4 is 0 Å². The summed E-state index contributed by atoms with van der Waals surface area (Å²) in [6.07, 6.45) is 1.69. The highest BCUT2D eigenvalue weighted by atomic mass is 16.5. The topological polar surface area (TPSA) is 82.6 Å². The van der Waals surface area contributed by atoms with Gasteiger partial charge in [-0.2, -0.15) is 0 Å². The first-order valence-corrected chi connectivity index (χ1v) is 10.1. The van der Waals surface area contributed by atoms with Crippen molar-refractivity contribution in [3.63, 3.8) is 0 Å². The van der Waals surface area contributed by atoms with Gasteiger partial charge < -0.3 is 19.3 Å². The minimum Gasteiger partial charge on any atom is -0.383 e. The summed E-state index contributed by atoms with van der Waals surface area (Å²) in [6.45, 7) is 7.97. The quantitative estimate of drug-likeness (QED) is 0.588. The van der Waals surface area contributed by atoms with Crippen molar-refractivity contribution in [3.05, 3.63) is 0 Å². The molecule has 0 saturated carbocycles. The maximum absolute atomic E-state index is 12.6. The van der Waals surface area contributed by atoms with Gasteiger partial charge in [0.2, 0.25) is 11.8 Å². The van der Waals surface area contributed by atoms with Crippen LogP contribution in [0.5, 0.6) is 0 Å². The molecule has 4 amide bonds. The van der Waals surface area contributed by atoms with Crippen LogP contribution in [0.2, 0.25) is 0 Å². The van der Waals surface area contributed by atoms with Crippen LogP contribution in [-0.2, 0) is 19.1 Å². The van der Waals surface area contributed by atoms with E-state index in [0.717, 1.165) is 25.9 Å². The van der Waals surface area contributed by atoms with Gasteiger partial charge >= 0.3 is 6.03 Å². The summed E-state index contributed by atoms with van der Waals surface area (Å²) < 4.78 is 10.7. The van der Waals surface area contributed by atoms with Crippen molar-refractivity contribution < 1.29 is 23.9 Å². The van der Waals surface area contributed by atoms with Crippen molar-refractivity contribution in [1.29, 1.82) is 0 Å². The fourth-order valence-corrected chi connectivity index (χ4v) is 4.31. The van der Waals surface area contributed by atoms with Gasteiger partial charge in [-0.15, -0.1) is 0 Å². The normalized spacial score (nSPS) is 27.8. The van der Waals surface area contributed by atoms with Crippen LogP contribution in [0.3, 0.4) is 0 Å². The molecular weight excluding hydrogens is 364 g/mol. The third-order valence-corrected chi connectivity index (χ3v) is 5.73. The van der Waals surface area contributed by atoms with Crippen LogP contribution in [-0.4, -0.2) is 115 Å². The Labute approximate surface area is 166 Å². The smallest absolute Gasteiger partial charge is 0.327 e. The molecule has 3 aliphatic rings. The molecule has 0 aromatic carbocycles. The van der Waals surface area contributed by atoms with Gasteiger partial charge in [-0.25, -0.2) is 4.79 Å². The van der Waals surface area contributed by atoms with Gasteiger partial charge in [-0.3, -0.25) is 19.4 Å². The molecule has 3 aliphatic heterocycles. The molecule has 9 heteroatoms. The average molecular weight is 396 g/mol. The van der Waals surface area contributed by atoms with Gasteiger partial charge in [0, 0.05) is 39.3 Å². The first-order chi connectivity index (χ1) is 13.4. The van der Waals surface area contributed by atoms with Gasteiger partial charge in [0.05, 0.1) is 31.9 Å². The number of piperidine rings is 1. The van der Waals surface area contributed by atoms with Crippen LogP contribution in [0.1, 0.15) is 26.7 Å². The number of likely N-dealkylation sites (tertiary alicyclic amines) is 1. The van der Waals surface area contributed by atoms with Crippen LogP contribution in [0.15, 0.2) is 0 Å². The van der Waals surface area contributed by atoms with Crippen molar-refractivity contribution in [2.45, 2.75) is 44.9 Å². The molecule has 0 aromatic rings. The number of carbonyl (C=O) groups excluding carboxylic acids is 3. The average Bonchev–Trinajstić information content (AvgIpc) is 2.94. The lowest BCUT2D eigenvalue weighted by atomic mass is 10.0. The molecule has 0 N–H and O–H groups in total. The third kappa shape index (κ3) is 4.82. The summed E-state index contributed by atoms with van der Waals surface area (Å²) in [7, 11) is 1.55. The zero-order valence-electron chi connectivity index (χ0n) is 17.1. The molecule has 3 heterocycles. The number of ether oxygens (including phenoxy) is 2. The Balaban J connectivity index is 1.46. The van der Waals surface area contributed by atoms with Crippen LogP contribution in [0, 0.1) is 0 Å². The van der Waals surface area contributed by atoms with Crippen LogP contribution in [0.25, 0.3) is 0 Å². The van der Waals surface area contributed by atoms with Gasteiger partial charge in [0.1, 0.15) is 6.54 Å². The predicted octanol–water partition coefficient (Wildman–Crippen LogP) is -0.00280. The largest absolute Gasteiger partial charge is 0.383 e. The molecule has 0 unspecified atom stereocenters. The Morgan fingerprint density at radius 3 is 2.39 bits per heavy atom. The molecule has 3 saturated heterocycles. The van der Waals surface area contributed by atoms with E-state index in [1.54, 1.807) is 12.0 Å². The van der Waals surface area contributed by atoms with Crippen molar-refractivity contribution in [2.75, 3.05) is 59.5 Å². The predicted molar refractivity (Wildman–Crippen MR) is 102 cm³/mol. The number of hydrogen-bond acceptors (Lipinski definition) is 6. The van der Waals surface area contributed by atoms with E-state index in [-0.39, 0.29) is 42.6 Å². The fraction of sp³-hybridized carbons (Fsp3) is 0.842. The number of amides is 4.